The molecule has 2 aromatic heterocycles. The van der Waals surface area contributed by atoms with Crippen LogP contribution in [0.5, 0.6) is 5.75 Å². The quantitative estimate of drug-likeness (QED) is 0.223. The van der Waals surface area contributed by atoms with Gasteiger partial charge in [0.1, 0.15) is 5.75 Å². The van der Waals surface area contributed by atoms with Gasteiger partial charge in [0.2, 0.25) is 5.91 Å². The highest BCUT2D eigenvalue weighted by atomic mass is 32.1. The van der Waals surface area contributed by atoms with Crippen molar-refractivity contribution in [1.29, 1.82) is 0 Å². The molecule has 41 heavy (non-hydrogen) atoms. The third-order valence-corrected chi connectivity index (χ3v) is 7.98. The Kier molecular flexibility index (Phi) is 6.93. The van der Waals surface area contributed by atoms with Gasteiger partial charge in [-0.3, -0.25) is 9.78 Å². The lowest BCUT2D eigenvalue weighted by molar-refractivity contribution is -0.114. The summed E-state index contributed by atoms with van der Waals surface area (Å²) in [6.45, 7) is 5.79. The number of aryl methyl sites for hydroxylation is 1. The Labute approximate surface area is 244 Å². The molecule has 1 amide bonds. The van der Waals surface area contributed by atoms with Crippen molar-refractivity contribution in [3.8, 4) is 11.4 Å². The summed E-state index contributed by atoms with van der Waals surface area (Å²) in [5.74, 6) is 0.401. The number of rotatable bonds is 6. The number of fused-ring (bicyclic) bond motifs is 1. The van der Waals surface area contributed by atoms with E-state index in [1.54, 1.807) is 13.3 Å². The number of nitrogens with zero attached hydrogens (tertiary/aromatic N) is 3. The van der Waals surface area contributed by atoms with Gasteiger partial charge in [0.25, 0.3) is 0 Å². The summed E-state index contributed by atoms with van der Waals surface area (Å²) >= 11 is 5.97. The number of aromatic nitrogens is 2. The van der Waals surface area contributed by atoms with Crippen LogP contribution >= 0.6 is 12.2 Å². The molecule has 0 aliphatic carbocycles. The molecule has 0 saturated carbocycles. The average Bonchev–Trinajstić information content (AvgIpc) is 3.47. The van der Waals surface area contributed by atoms with Gasteiger partial charge < -0.3 is 24.8 Å². The zero-order valence-electron chi connectivity index (χ0n) is 23.4. The van der Waals surface area contributed by atoms with Gasteiger partial charge in [-0.25, -0.2) is 0 Å². The first-order chi connectivity index (χ1) is 19.9. The van der Waals surface area contributed by atoms with Crippen LogP contribution in [0.4, 0.5) is 11.4 Å². The van der Waals surface area contributed by atoms with Crippen LogP contribution in [0, 0.1) is 13.8 Å². The lowest BCUT2D eigenvalue weighted by Gasteiger charge is -2.29. The van der Waals surface area contributed by atoms with E-state index in [1.807, 2.05) is 36.4 Å². The molecule has 8 heteroatoms. The van der Waals surface area contributed by atoms with E-state index in [-0.39, 0.29) is 18.0 Å². The number of hydrogen-bond acceptors (Lipinski definition) is 4. The molecule has 1 aliphatic heterocycles. The van der Waals surface area contributed by atoms with Gasteiger partial charge in [0, 0.05) is 35.6 Å². The lowest BCUT2D eigenvalue weighted by Crippen LogP contribution is -2.29. The molecule has 1 saturated heterocycles. The maximum atomic E-state index is 12.0. The predicted molar refractivity (Wildman–Crippen MR) is 168 cm³/mol. The molecule has 2 atom stereocenters. The Hall–Kier alpha value is -4.69. The molecule has 0 spiro atoms. The van der Waals surface area contributed by atoms with Crippen LogP contribution < -0.4 is 20.3 Å². The summed E-state index contributed by atoms with van der Waals surface area (Å²) in [4.78, 5) is 18.8. The average molecular weight is 562 g/mol. The van der Waals surface area contributed by atoms with Gasteiger partial charge >= 0.3 is 0 Å². The Balaban J connectivity index is 1.54. The van der Waals surface area contributed by atoms with Crippen LogP contribution in [-0.4, -0.2) is 27.7 Å². The minimum atomic E-state index is -0.203. The molecule has 206 valence electrons. The molecule has 0 bridgehead atoms. The van der Waals surface area contributed by atoms with Gasteiger partial charge in [-0.15, -0.1) is 0 Å². The topological polar surface area (TPSA) is 71.4 Å². The molecule has 2 N–H and O–H groups in total. The fourth-order valence-electron chi connectivity index (χ4n) is 5.94. The van der Waals surface area contributed by atoms with Crippen LogP contribution in [0.1, 0.15) is 41.7 Å². The van der Waals surface area contributed by atoms with Crippen LogP contribution in [-0.2, 0) is 4.79 Å². The van der Waals surface area contributed by atoms with Crippen LogP contribution in [0.3, 0.4) is 0 Å². The first kappa shape index (κ1) is 26.5. The Bertz CT molecular complexity index is 1780. The smallest absolute Gasteiger partial charge is 0.221 e. The van der Waals surface area contributed by atoms with E-state index in [1.165, 1.54) is 17.7 Å². The van der Waals surface area contributed by atoms with Gasteiger partial charge in [-0.05, 0) is 79.5 Å². The molecule has 1 aliphatic rings. The summed E-state index contributed by atoms with van der Waals surface area (Å²) in [5, 5.41) is 9.41. The van der Waals surface area contributed by atoms with E-state index < -0.39 is 0 Å². The Morgan fingerprint density at radius 2 is 1.78 bits per heavy atom. The maximum Gasteiger partial charge on any atom is 0.221 e. The van der Waals surface area contributed by atoms with Crippen molar-refractivity contribution in [2.45, 2.75) is 32.9 Å². The summed E-state index contributed by atoms with van der Waals surface area (Å²) in [6.07, 6.45) is 1.81. The number of ether oxygens (including phenoxy) is 1. The molecule has 5 aromatic rings. The molecule has 7 nitrogen and oxygen atoms in total. The van der Waals surface area contributed by atoms with Crippen LogP contribution in [0.2, 0.25) is 0 Å². The van der Waals surface area contributed by atoms with E-state index in [0.717, 1.165) is 34.0 Å². The number of thiocarbonyl (C=S) groups is 1. The minimum absolute atomic E-state index is 0.177. The highest BCUT2D eigenvalue weighted by Gasteiger charge is 2.42. The summed E-state index contributed by atoms with van der Waals surface area (Å²) < 4.78 is 7.84. The van der Waals surface area contributed by atoms with E-state index in [2.05, 4.69) is 82.5 Å². The zero-order chi connectivity index (χ0) is 28.7. The standard InChI is InChI=1S/C33H31N5O2S/c1-20-18-26(21(2)37(20)29-14-9-11-23-10-5-6-12-25(23)29)32-31(27-13-7-8-17-34-27)36-33(41)38(32)24-15-16-30(40-4)28(19-24)35-22(3)39/h5-19,31-32H,1-4H3,(H,35,39)(H,36,41)/t31-,32+/m1/s1. The van der Waals surface area contributed by atoms with Crippen molar-refractivity contribution in [2.24, 2.45) is 0 Å². The predicted octanol–water partition coefficient (Wildman–Crippen LogP) is 6.79. The van der Waals surface area contributed by atoms with Crippen LogP contribution in [0.25, 0.3) is 16.5 Å². The van der Waals surface area contributed by atoms with Crippen molar-refractivity contribution in [2.75, 3.05) is 17.3 Å². The zero-order valence-corrected chi connectivity index (χ0v) is 24.2. The molecule has 3 heterocycles. The molecule has 6 rings (SSSR count). The van der Waals surface area contributed by atoms with Crippen molar-refractivity contribution in [1.82, 2.24) is 14.9 Å². The van der Waals surface area contributed by atoms with E-state index in [0.29, 0.717) is 16.5 Å². The second kappa shape index (κ2) is 10.7. The number of amides is 1. The molecular formula is C33H31N5O2S. The number of nitrogens with one attached hydrogen (secondary N) is 2. The summed E-state index contributed by atoms with van der Waals surface area (Å²) in [7, 11) is 1.59. The minimum Gasteiger partial charge on any atom is -0.495 e. The second-order valence-electron chi connectivity index (χ2n) is 10.2. The molecule has 1 fully saturated rings. The van der Waals surface area contributed by atoms with Crippen LogP contribution in [0.15, 0.2) is 91.1 Å². The summed E-state index contributed by atoms with van der Waals surface area (Å²) in [6, 6.07) is 28.4. The Morgan fingerprint density at radius 1 is 1.00 bits per heavy atom. The van der Waals surface area contributed by atoms with Gasteiger partial charge in [-0.2, -0.15) is 0 Å². The molecular weight excluding hydrogens is 530 g/mol. The summed E-state index contributed by atoms with van der Waals surface area (Å²) in [5.41, 5.74) is 6.84. The number of anilines is 2. The normalized spacial score (nSPS) is 16.6. The highest BCUT2D eigenvalue weighted by Crippen LogP contribution is 2.45. The first-order valence-corrected chi connectivity index (χ1v) is 13.9. The molecule has 3 aromatic carbocycles. The van der Waals surface area contributed by atoms with Crippen molar-refractivity contribution in [3.63, 3.8) is 0 Å². The van der Waals surface area contributed by atoms with Gasteiger partial charge in [0.15, 0.2) is 5.11 Å². The fraction of sp³-hybridized carbons (Fsp3) is 0.182. The van der Waals surface area contributed by atoms with E-state index in [4.69, 9.17) is 21.9 Å². The van der Waals surface area contributed by atoms with E-state index >= 15 is 0 Å². The third kappa shape index (κ3) is 4.70. The second-order valence-corrected chi connectivity index (χ2v) is 10.6. The van der Waals surface area contributed by atoms with Gasteiger partial charge in [0.05, 0.1) is 36.3 Å². The number of pyridine rings is 1. The molecule has 0 radical (unpaired) electrons. The van der Waals surface area contributed by atoms with Crippen molar-refractivity contribution < 1.29 is 9.53 Å². The molecule has 0 unspecified atom stereocenters. The van der Waals surface area contributed by atoms with Crippen molar-refractivity contribution in [3.05, 3.63) is 114 Å². The number of benzene rings is 3. The Morgan fingerprint density at radius 3 is 2.54 bits per heavy atom. The first-order valence-electron chi connectivity index (χ1n) is 13.5. The lowest BCUT2D eigenvalue weighted by atomic mass is 9.96. The number of hydrogen-bond donors (Lipinski definition) is 2. The maximum absolute atomic E-state index is 12.0. The largest absolute Gasteiger partial charge is 0.495 e. The number of carbonyl (C=O) groups excluding carboxylic acids is 1. The fourth-order valence-corrected chi connectivity index (χ4v) is 6.29. The van der Waals surface area contributed by atoms with E-state index in [9.17, 15) is 4.79 Å². The SMILES string of the molecule is COc1ccc(N2C(=S)N[C@H](c3ccccn3)[C@@H]2c2cc(C)n(-c3cccc4ccccc34)c2C)cc1NC(C)=O. The highest BCUT2D eigenvalue weighted by molar-refractivity contribution is 7.80. The number of methoxy groups -OCH3 is 1. The third-order valence-electron chi connectivity index (χ3n) is 7.67. The number of carbonyl (C=O) groups is 1. The van der Waals surface area contributed by atoms with Crippen molar-refractivity contribution >= 4 is 45.4 Å². The van der Waals surface area contributed by atoms with Gasteiger partial charge in [-0.1, -0.05) is 42.5 Å². The monoisotopic (exact) mass is 561 g/mol.